The second-order valence-corrected chi connectivity index (χ2v) is 4.92. The lowest BCUT2D eigenvalue weighted by Gasteiger charge is -2.18. The molecule has 3 rings (SSSR count). The third-order valence-corrected chi connectivity index (χ3v) is 3.84. The molecule has 4 heteroatoms. The number of benzene rings is 1. The maximum absolute atomic E-state index is 10.4. The van der Waals surface area contributed by atoms with Gasteiger partial charge in [0.15, 0.2) is 0 Å². The Labute approximate surface area is 106 Å². The summed E-state index contributed by atoms with van der Waals surface area (Å²) in [5.41, 5.74) is 2.67. The fraction of sp³-hybridized carbons (Fsp3) is 0.429. The Morgan fingerprint density at radius 2 is 2.28 bits per heavy atom. The third-order valence-electron chi connectivity index (χ3n) is 3.84. The molecule has 0 fully saturated rings. The molecule has 18 heavy (non-hydrogen) atoms. The summed E-state index contributed by atoms with van der Waals surface area (Å²) in [6.45, 7) is 0. The van der Waals surface area contributed by atoms with E-state index in [2.05, 4.69) is 28.3 Å². The van der Waals surface area contributed by atoms with E-state index in [-0.39, 0.29) is 12.0 Å². The summed E-state index contributed by atoms with van der Waals surface area (Å²) in [7, 11) is 1.86. The molecule has 0 spiro atoms. The lowest BCUT2D eigenvalue weighted by Crippen LogP contribution is -2.21. The number of hydrogen-bond acceptors (Lipinski definition) is 3. The molecule has 0 aliphatic heterocycles. The summed E-state index contributed by atoms with van der Waals surface area (Å²) < 4.78 is 1.73. The lowest BCUT2D eigenvalue weighted by atomic mass is 9.93. The Hall–Kier alpha value is -1.68. The van der Waals surface area contributed by atoms with Crippen molar-refractivity contribution in [1.82, 2.24) is 14.8 Å². The largest absolute Gasteiger partial charge is 0.392 e. The fourth-order valence-corrected chi connectivity index (χ4v) is 2.82. The van der Waals surface area contributed by atoms with Gasteiger partial charge in [0.1, 0.15) is 12.2 Å². The van der Waals surface area contributed by atoms with Gasteiger partial charge in [-0.2, -0.15) is 5.10 Å². The van der Waals surface area contributed by atoms with Crippen LogP contribution in [0.4, 0.5) is 0 Å². The zero-order chi connectivity index (χ0) is 12.5. The Morgan fingerprint density at radius 3 is 3.06 bits per heavy atom. The zero-order valence-electron chi connectivity index (χ0n) is 10.5. The maximum Gasteiger partial charge on any atom is 0.138 e. The Bertz CT molecular complexity index is 549. The first-order chi connectivity index (χ1) is 8.75. The van der Waals surface area contributed by atoms with Crippen molar-refractivity contribution in [3.05, 3.63) is 47.5 Å². The van der Waals surface area contributed by atoms with Gasteiger partial charge in [0.25, 0.3) is 0 Å². The minimum Gasteiger partial charge on any atom is -0.392 e. The highest BCUT2D eigenvalue weighted by molar-refractivity contribution is 5.35. The van der Waals surface area contributed by atoms with E-state index in [4.69, 9.17) is 0 Å². The van der Waals surface area contributed by atoms with Crippen LogP contribution in [0.3, 0.4) is 0 Å². The standard InChI is InChI=1S/C14H17N3O/c1-17-14(15-9-16-17)8-13(18)12-7-6-10-4-2-3-5-11(10)12/h2-5,9,12-13,18H,6-8H2,1H3. The van der Waals surface area contributed by atoms with Gasteiger partial charge in [0.05, 0.1) is 6.10 Å². The SMILES string of the molecule is Cn1ncnc1CC(O)C1CCc2ccccc21. The lowest BCUT2D eigenvalue weighted by molar-refractivity contribution is 0.139. The highest BCUT2D eigenvalue weighted by Crippen LogP contribution is 2.36. The van der Waals surface area contributed by atoms with E-state index in [9.17, 15) is 5.11 Å². The first-order valence-electron chi connectivity index (χ1n) is 6.34. The summed E-state index contributed by atoms with van der Waals surface area (Å²) in [5, 5.41) is 14.4. The zero-order valence-corrected chi connectivity index (χ0v) is 10.5. The molecular weight excluding hydrogens is 226 g/mol. The third kappa shape index (κ3) is 1.93. The van der Waals surface area contributed by atoms with Gasteiger partial charge < -0.3 is 5.11 Å². The second-order valence-electron chi connectivity index (χ2n) is 4.92. The number of hydrogen-bond donors (Lipinski definition) is 1. The first kappa shape index (κ1) is 11.4. The molecule has 1 heterocycles. The fourth-order valence-electron chi connectivity index (χ4n) is 2.82. The summed E-state index contributed by atoms with van der Waals surface area (Å²) in [6, 6.07) is 8.40. The van der Waals surface area contributed by atoms with E-state index in [1.807, 2.05) is 13.1 Å². The van der Waals surface area contributed by atoms with Crippen LogP contribution in [0.15, 0.2) is 30.6 Å². The Kier molecular flexibility index (Phi) is 2.88. The van der Waals surface area contributed by atoms with E-state index in [1.54, 1.807) is 4.68 Å². The molecule has 1 aromatic carbocycles. The summed E-state index contributed by atoms with van der Waals surface area (Å²) in [5.74, 6) is 1.07. The van der Waals surface area contributed by atoms with E-state index in [1.165, 1.54) is 17.5 Å². The van der Waals surface area contributed by atoms with Crippen LogP contribution < -0.4 is 0 Å². The van der Waals surface area contributed by atoms with Crippen LogP contribution in [0.5, 0.6) is 0 Å². The average molecular weight is 243 g/mol. The number of fused-ring (bicyclic) bond motifs is 1. The van der Waals surface area contributed by atoms with Gasteiger partial charge in [-0.3, -0.25) is 4.68 Å². The van der Waals surface area contributed by atoms with Gasteiger partial charge in [-0.1, -0.05) is 24.3 Å². The van der Waals surface area contributed by atoms with Crippen LogP contribution in [-0.2, 0) is 19.9 Å². The molecule has 0 saturated heterocycles. The molecule has 2 atom stereocenters. The molecule has 2 aromatic rings. The quantitative estimate of drug-likeness (QED) is 0.887. The number of nitrogens with zero attached hydrogens (tertiary/aromatic N) is 3. The molecule has 0 radical (unpaired) electrons. The molecule has 1 N–H and O–H groups in total. The van der Waals surface area contributed by atoms with E-state index < -0.39 is 0 Å². The summed E-state index contributed by atoms with van der Waals surface area (Å²) >= 11 is 0. The van der Waals surface area contributed by atoms with Crippen LogP contribution in [0, 0.1) is 0 Å². The molecule has 1 aromatic heterocycles. The smallest absolute Gasteiger partial charge is 0.138 e. The molecule has 0 bridgehead atoms. The first-order valence-corrected chi connectivity index (χ1v) is 6.34. The van der Waals surface area contributed by atoms with E-state index in [0.717, 1.165) is 18.7 Å². The average Bonchev–Trinajstić information content (AvgIpc) is 2.96. The topological polar surface area (TPSA) is 50.9 Å². The van der Waals surface area contributed by atoms with Crippen molar-refractivity contribution in [2.45, 2.75) is 31.3 Å². The van der Waals surface area contributed by atoms with Crippen LogP contribution in [0.2, 0.25) is 0 Å². The maximum atomic E-state index is 10.4. The molecule has 0 amide bonds. The second kappa shape index (κ2) is 4.53. The van der Waals surface area contributed by atoms with Crippen molar-refractivity contribution < 1.29 is 5.11 Å². The molecule has 1 aliphatic carbocycles. The molecule has 1 aliphatic rings. The van der Waals surface area contributed by atoms with Crippen molar-refractivity contribution in [2.75, 3.05) is 0 Å². The minimum atomic E-state index is -0.378. The van der Waals surface area contributed by atoms with E-state index in [0.29, 0.717) is 6.42 Å². The Balaban J connectivity index is 1.79. The molecule has 2 unspecified atom stereocenters. The predicted molar refractivity (Wildman–Crippen MR) is 68.2 cm³/mol. The number of rotatable bonds is 3. The molecular formula is C14H17N3O. The highest BCUT2D eigenvalue weighted by atomic mass is 16.3. The monoisotopic (exact) mass is 243 g/mol. The van der Waals surface area contributed by atoms with Crippen LogP contribution in [0.1, 0.15) is 29.3 Å². The summed E-state index contributed by atoms with van der Waals surface area (Å²) in [4.78, 5) is 4.17. The van der Waals surface area contributed by atoms with Gasteiger partial charge in [-0.15, -0.1) is 0 Å². The van der Waals surface area contributed by atoms with Gasteiger partial charge in [0.2, 0.25) is 0 Å². The normalized spacial score (nSPS) is 19.8. The van der Waals surface area contributed by atoms with Crippen molar-refractivity contribution in [3.8, 4) is 0 Å². The minimum absolute atomic E-state index is 0.234. The van der Waals surface area contributed by atoms with Crippen LogP contribution in [0.25, 0.3) is 0 Å². The number of aliphatic hydroxyl groups excluding tert-OH is 1. The van der Waals surface area contributed by atoms with Gasteiger partial charge in [-0.25, -0.2) is 4.98 Å². The van der Waals surface area contributed by atoms with E-state index >= 15 is 0 Å². The molecule has 94 valence electrons. The number of aromatic nitrogens is 3. The van der Waals surface area contributed by atoms with Crippen LogP contribution in [-0.4, -0.2) is 26.0 Å². The number of aliphatic hydroxyl groups is 1. The highest BCUT2D eigenvalue weighted by Gasteiger charge is 2.29. The van der Waals surface area contributed by atoms with Gasteiger partial charge in [0, 0.05) is 19.4 Å². The Morgan fingerprint density at radius 1 is 1.44 bits per heavy atom. The van der Waals surface area contributed by atoms with Gasteiger partial charge >= 0.3 is 0 Å². The van der Waals surface area contributed by atoms with Crippen molar-refractivity contribution >= 4 is 0 Å². The van der Waals surface area contributed by atoms with Crippen LogP contribution >= 0.6 is 0 Å². The van der Waals surface area contributed by atoms with Crippen molar-refractivity contribution in [2.24, 2.45) is 7.05 Å². The van der Waals surface area contributed by atoms with Gasteiger partial charge in [-0.05, 0) is 24.0 Å². The molecule has 4 nitrogen and oxygen atoms in total. The predicted octanol–water partition coefficient (Wildman–Crippen LogP) is 1.45. The number of aryl methyl sites for hydroxylation is 2. The molecule has 0 saturated carbocycles. The van der Waals surface area contributed by atoms with Crippen molar-refractivity contribution in [1.29, 1.82) is 0 Å². The van der Waals surface area contributed by atoms with Crippen molar-refractivity contribution in [3.63, 3.8) is 0 Å². The summed E-state index contributed by atoms with van der Waals surface area (Å²) in [6.07, 6.45) is 3.81.